The van der Waals surface area contributed by atoms with Crippen LogP contribution in [-0.4, -0.2) is 15.6 Å². The first-order valence-corrected chi connectivity index (χ1v) is 7.50. The van der Waals surface area contributed by atoms with Gasteiger partial charge in [0, 0.05) is 10.0 Å². The average Bonchev–Trinajstić information content (AvgIpc) is 2.53. The molecule has 1 amide bonds. The third-order valence-electron chi connectivity index (χ3n) is 3.28. The number of carbonyl (C=O) groups excluding carboxylic acids is 1. The first-order valence-electron chi connectivity index (χ1n) is 6.75. The molecule has 7 heteroatoms. The van der Waals surface area contributed by atoms with Crippen LogP contribution in [0.15, 0.2) is 53.6 Å². The molecule has 0 aliphatic carbocycles. The number of hydrogen-bond donors (Lipinski definition) is 1. The van der Waals surface area contributed by atoms with Crippen molar-refractivity contribution < 1.29 is 4.79 Å². The van der Waals surface area contributed by atoms with E-state index in [0.29, 0.717) is 26.5 Å². The molecule has 0 atom stereocenters. The lowest BCUT2D eigenvalue weighted by Crippen LogP contribution is -2.34. The standard InChI is InChI=1S/C16H11Cl2N3O2/c17-11-6-5-10(13(18)8-11)7-15(22)20-21-9-19-14-4-2-1-3-12(14)16(21)23/h1-6,8-9H,7H2,(H,20,22). The molecule has 2 aromatic carbocycles. The van der Waals surface area contributed by atoms with Crippen molar-refractivity contribution in [1.82, 2.24) is 9.66 Å². The number of rotatable bonds is 3. The van der Waals surface area contributed by atoms with Gasteiger partial charge >= 0.3 is 0 Å². The predicted octanol–water partition coefficient (Wildman–Crippen LogP) is 3.02. The zero-order valence-electron chi connectivity index (χ0n) is 11.8. The number of fused-ring (bicyclic) bond motifs is 1. The molecule has 0 fully saturated rings. The van der Waals surface area contributed by atoms with E-state index in [0.717, 1.165) is 4.68 Å². The number of amides is 1. The van der Waals surface area contributed by atoms with Gasteiger partial charge in [-0.2, -0.15) is 0 Å². The first kappa shape index (κ1) is 15.5. The number of para-hydroxylation sites is 1. The van der Waals surface area contributed by atoms with Crippen molar-refractivity contribution >= 4 is 40.0 Å². The van der Waals surface area contributed by atoms with Crippen LogP contribution in [-0.2, 0) is 11.2 Å². The highest BCUT2D eigenvalue weighted by Gasteiger charge is 2.10. The van der Waals surface area contributed by atoms with E-state index in [4.69, 9.17) is 23.2 Å². The quantitative estimate of drug-likeness (QED) is 0.791. The summed E-state index contributed by atoms with van der Waals surface area (Å²) in [5.74, 6) is -0.381. The van der Waals surface area contributed by atoms with Gasteiger partial charge < -0.3 is 0 Å². The van der Waals surface area contributed by atoms with Gasteiger partial charge in [-0.3, -0.25) is 15.0 Å². The fourth-order valence-electron chi connectivity index (χ4n) is 2.16. The maximum absolute atomic E-state index is 12.3. The van der Waals surface area contributed by atoms with Gasteiger partial charge in [0.1, 0.15) is 6.33 Å². The number of carbonyl (C=O) groups is 1. The third-order valence-corrected chi connectivity index (χ3v) is 3.86. The van der Waals surface area contributed by atoms with Crippen LogP contribution in [0.2, 0.25) is 10.0 Å². The van der Waals surface area contributed by atoms with E-state index in [1.165, 1.54) is 6.33 Å². The van der Waals surface area contributed by atoms with Crippen molar-refractivity contribution in [1.29, 1.82) is 0 Å². The molecule has 1 aromatic heterocycles. The average molecular weight is 348 g/mol. The van der Waals surface area contributed by atoms with Crippen molar-refractivity contribution in [2.45, 2.75) is 6.42 Å². The van der Waals surface area contributed by atoms with Gasteiger partial charge in [-0.15, -0.1) is 0 Å². The molecule has 5 nitrogen and oxygen atoms in total. The summed E-state index contributed by atoms with van der Waals surface area (Å²) >= 11 is 11.9. The van der Waals surface area contributed by atoms with Crippen LogP contribution in [0.1, 0.15) is 5.56 Å². The largest absolute Gasteiger partial charge is 0.280 e. The molecule has 116 valence electrons. The molecule has 3 rings (SSSR count). The van der Waals surface area contributed by atoms with Crippen molar-refractivity contribution in [3.05, 3.63) is 74.8 Å². The smallest absolute Gasteiger partial charge is 0.273 e. The van der Waals surface area contributed by atoms with Crippen LogP contribution in [0.3, 0.4) is 0 Å². The first-order chi connectivity index (χ1) is 11.0. The fourth-order valence-corrected chi connectivity index (χ4v) is 2.64. The number of nitrogens with zero attached hydrogens (tertiary/aromatic N) is 2. The van der Waals surface area contributed by atoms with E-state index in [1.807, 2.05) is 0 Å². The summed E-state index contributed by atoms with van der Waals surface area (Å²) in [6.45, 7) is 0. The van der Waals surface area contributed by atoms with Crippen LogP contribution in [0.5, 0.6) is 0 Å². The second-order valence-electron chi connectivity index (χ2n) is 4.88. The molecule has 0 radical (unpaired) electrons. The maximum atomic E-state index is 12.3. The van der Waals surface area contributed by atoms with Crippen LogP contribution in [0, 0.1) is 0 Å². The van der Waals surface area contributed by atoms with E-state index in [1.54, 1.807) is 42.5 Å². The Balaban J connectivity index is 1.83. The van der Waals surface area contributed by atoms with Crippen molar-refractivity contribution in [3.63, 3.8) is 0 Å². The molecule has 3 aromatic rings. The third kappa shape index (κ3) is 3.36. The van der Waals surface area contributed by atoms with E-state index in [9.17, 15) is 9.59 Å². The lowest BCUT2D eigenvalue weighted by molar-refractivity contribution is -0.116. The van der Waals surface area contributed by atoms with Crippen LogP contribution < -0.4 is 11.0 Å². The second-order valence-corrected chi connectivity index (χ2v) is 5.73. The highest BCUT2D eigenvalue weighted by molar-refractivity contribution is 6.35. The Labute approximate surface area is 141 Å². The predicted molar refractivity (Wildman–Crippen MR) is 90.5 cm³/mol. The highest BCUT2D eigenvalue weighted by Crippen LogP contribution is 2.21. The van der Waals surface area contributed by atoms with E-state index in [2.05, 4.69) is 10.4 Å². The molecule has 0 unspecified atom stereocenters. The summed E-state index contributed by atoms with van der Waals surface area (Å²) in [4.78, 5) is 28.5. The van der Waals surface area contributed by atoms with Crippen LogP contribution in [0.25, 0.3) is 10.9 Å². The van der Waals surface area contributed by atoms with Gasteiger partial charge in [0.25, 0.3) is 5.56 Å². The minimum Gasteiger partial charge on any atom is -0.273 e. The minimum atomic E-state index is -0.381. The normalized spacial score (nSPS) is 10.7. The fraction of sp³-hybridized carbons (Fsp3) is 0.0625. The summed E-state index contributed by atoms with van der Waals surface area (Å²) in [7, 11) is 0. The van der Waals surface area contributed by atoms with E-state index >= 15 is 0 Å². The maximum Gasteiger partial charge on any atom is 0.280 e. The summed E-state index contributed by atoms with van der Waals surface area (Å²) in [5, 5.41) is 1.32. The number of halogens is 2. The molecule has 0 aliphatic rings. The van der Waals surface area contributed by atoms with Crippen LogP contribution >= 0.6 is 23.2 Å². The Morgan fingerprint density at radius 3 is 2.74 bits per heavy atom. The van der Waals surface area contributed by atoms with Crippen molar-refractivity contribution in [3.8, 4) is 0 Å². The van der Waals surface area contributed by atoms with Gasteiger partial charge in [0.05, 0.1) is 17.3 Å². The van der Waals surface area contributed by atoms with Gasteiger partial charge in [0.2, 0.25) is 5.91 Å². The summed E-state index contributed by atoms with van der Waals surface area (Å²) < 4.78 is 1.06. The second kappa shape index (κ2) is 6.40. The molecule has 1 heterocycles. The number of nitrogens with one attached hydrogen (secondary N) is 1. The van der Waals surface area contributed by atoms with Gasteiger partial charge in [0.15, 0.2) is 0 Å². The molecule has 0 bridgehead atoms. The topological polar surface area (TPSA) is 64.0 Å². The van der Waals surface area contributed by atoms with Gasteiger partial charge in [-0.05, 0) is 29.8 Å². The van der Waals surface area contributed by atoms with E-state index < -0.39 is 0 Å². The monoisotopic (exact) mass is 347 g/mol. The van der Waals surface area contributed by atoms with Crippen LogP contribution in [0.4, 0.5) is 0 Å². The zero-order chi connectivity index (χ0) is 16.4. The Morgan fingerprint density at radius 2 is 1.96 bits per heavy atom. The van der Waals surface area contributed by atoms with E-state index in [-0.39, 0.29) is 17.9 Å². The van der Waals surface area contributed by atoms with Crippen molar-refractivity contribution in [2.75, 3.05) is 5.43 Å². The number of benzene rings is 2. The summed E-state index contributed by atoms with van der Waals surface area (Å²) in [5.41, 5.74) is 3.36. The molecular formula is C16H11Cl2N3O2. The lowest BCUT2D eigenvalue weighted by atomic mass is 10.1. The van der Waals surface area contributed by atoms with Crippen molar-refractivity contribution in [2.24, 2.45) is 0 Å². The molecule has 0 spiro atoms. The molecular weight excluding hydrogens is 337 g/mol. The molecule has 1 N–H and O–H groups in total. The molecule has 0 saturated carbocycles. The summed E-state index contributed by atoms with van der Waals surface area (Å²) in [6.07, 6.45) is 1.31. The van der Waals surface area contributed by atoms with Gasteiger partial charge in [-0.1, -0.05) is 41.4 Å². The zero-order valence-corrected chi connectivity index (χ0v) is 13.3. The molecule has 0 saturated heterocycles. The minimum absolute atomic E-state index is 0.0231. The Kier molecular flexibility index (Phi) is 4.32. The Morgan fingerprint density at radius 1 is 1.17 bits per heavy atom. The molecule has 23 heavy (non-hydrogen) atoms. The number of hydrogen-bond acceptors (Lipinski definition) is 3. The lowest BCUT2D eigenvalue weighted by Gasteiger charge is -2.09. The Hall–Kier alpha value is -2.37. The van der Waals surface area contributed by atoms with Gasteiger partial charge in [-0.25, -0.2) is 9.66 Å². The molecule has 0 aliphatic heterocycles. The highest BCUT2D eigenvalue weighted by atomic mass is 35.5. The Bertz CT molecular complexity index is 953. The number of aromatic nitrogens is 2. The summed E-state index contributed by atoms with van der Waals surface area (Å²) in [6, 6.07) is 11.8. The SMILES string of the molecule is O=C(Cc1ccc(Cl)cc1Cl)Nn1cnc2ccccc2c1=O.